The molecule has 28 heavy (non-hydrogen) atoms. The lowest BCUT2D eigenvalue weighted by atomic mass is 9.89. The number of rotatable bonds is 13. The Kier molecular flexibility index (Phi) is 20.2. The second kappa shape index (κ2) is 21.7. The van der Waals surface area contributed by atoms with Gasteiger partial charge in [-0.25, -0.2) is 0 Å². The van der Waals surface area contributed by atoms with Crippen molar-refractivity contribution in [3.63, 3.8) is 0 Å². The Morgan fingerprint density at radius 3 is 1.11 bits per heavy atom. The molecule has 0 heterocycles. The number of hydrogen-bond acceptors (Lipinski definition) is 0. The van der Waals surface area contributed by atoms with Crippen LogP contribution >= 0.6 is 0 Å². The van der Waals surface area contributed by atoms with Crippen molar-refractivity contribution >= 4 is 0 Å². The van der Waals surface area contributed by atoms with Gasteiger partial charge in [0, 0.05) is 0 Å². The van der Waals surface area contributed by atoms with E-state index in [1.54, 1.807) is 0 Å². The SMILES string of the molecule is CCCCCCCCCCCCCCC1CCCCCCCCCCCCC1. The zero-order valence-corrected chi connectivity index (χ0v) is 20.0. The molecule has 1 aliphatic carbocycles. The smallest absolute Gasteiger partial charge is 0.0414 e. The van der Waals surface area contributed by atoms with Gasteiger partial charge < -0.3 is 0 Å². The standard InChI is InChI=1S/C28H56/c1-2-3-4-5-6-7-8-10-13-16-19-22-25-28-26-23-20-17-14-11-9-12-15-18-21-24-27-28/h28H,2-27H2,1H3. The Balaban J connectivity index is 1.96. The molecule has 1 fully saturated rings. The third-order valence-electron chi connectivity index (χ3n) is 7.19. The van der Waals surface area contributed by atoms with Gasteiger partial charge in [0.05, 0.1) is 0 Å². The highest BCUT2D eigenvalue weighted by Gasteiger charge is 2.09. The van der Waals surface area contributed by atoms with E-state index in [2.05, 4.69) is 6.92 Å². The minimum atomic E-state index is 1.06. The second-order valence-corrected chi connectivity index (χ2v) is 10.0. The molecule has 0 saturated heterocycles. The van der Waals surface area contributed by atoms with Crippen LogP contribution < -0.4 is 0 Å². The fourth-order valence-electron chi connectivity index (χ4n) is 5.16. The minimum absolute atomic E-state index is 1.06. The molecule has 0 aromatic heterocycles. The topological polar surface area (TPSA) is 0 Å². The molecule has 0 aromatic carbocycles. The molecule has 0 unspecified atom stereocenters. The van der Waals surface area contributed by atoms with Gasteiger partial charge in [-0.15, -0.1) is 0 Å². The second-order valence-electron chi connectivity index (χ2n) is 10.0. The summed E-state index contributed by atoms with van der Waals surface area (Å²) in [6.07, 6.45) is 39.0. The van der Waals surface area contributed by atoms with Crippen LogP contribution in [0.5, 0.6) is 0 Å². The number of unbranched alkanes of at least 4 members (excludes halogenated alkanes) is 11. The highest BCUT2D eigenvalue weighted by molar-refractivity contribution is 4.62. The quantitative estimate of drug-likeness (QED) is 0.273. The Morgan fingerprint density at radius 2 is 0.714 bits per heavy atom. The summed E-state index contributed by atoms with van der Waals surface area (Å²) in [5.74, 6) is 1.06. The lowest BCUT2D eigenvalue weighted by Gasteiger charge is -2.17. The van der Waals surface area contributed by atoms with Gasteiger partial charge in [0.1, 0.15) is 0 Å². The van der Waals surface area contributed by atoms with E-state index in [4.69, 9.17) is 0 Å². The summed E-state index contributed by atoms with van der Waals surface area (Å²) < 4.78 is 0. The van der Waals surface area contributed by atoms with Crippen molar-refractivity contribution < 1.29 is 0 Å². The van der Waals surface area contributed by atoms with Gasteiger partial charge in [-0.3, -0.25) is 0 Å². The van der Waals surface area contributed by atoms with Gasteiger partial charge in [-0.05, 0) is 5.92 Å². The summed E-state index contributed by atoms with van der Waals surface area (Å²) in [6, 6.07) is 0. The molecule has 0 aliphatic heterocycles. The summed E-state index contributed by atoms with van der Waals surface area (Å²) in [7, 11) is 0. The predicted molar refractivity (Wildman–Crippen MR) is 129 cm³/mol. The van der Waals surface area contributed by atoms with Crippen LogP contribution in [0.2, 0.25) is 0 Å². The summed E-state index contributed by atoms with van der Waals surface area (Å²) in [5, 5.41) is 0. The van der Waals surface area contributed by atoms with Gasteiger partial charge in [-0.2, -0.15) is 0 Å². The first-order valence-corrected chi connectivity index (χ1v) is 13.9. The molecule has 0 nitrogen and oxygen atoms in total. The van der Waals surface area contributed by atoms with Crippen LogP contribution in [0.4, 0.5) is 0 Å². The zero-order chi connectivity index (χ0) is 20.0. The molecule has 0 amide bonds. The molecule has 0 atom stereocenters. The van der Waals surface area contributed by atoms with Gasteiger partial charge in [0.15, 0.2) is 0 Å². The Hall–Kier alpha value is 0. The Morgan fingerprint density at radius 1 is 0.393 bits per heavy atom. The molecular formula is C28H56. The molecule has 1 rings (SSSR count). The predicted octanol–water partition coefficient (Wildman–Crippen LogP) is 10.8. The van der Waals surface area contributed by atoms with Crippen LogP contribution in [0.25, 0.3) is 0 Å². The van der Waals surface area contributed by atoms with Gasteiger partial charge in [0.2, 0.25) is 0 Å². The third kappa shape index (κ3) is 18.1. The van der Waals surface area contributed by atoms with Crippen LogP contribution in [0, 0.1) is 5.92 Å². The molecule has 1 aliphatic rings. The van der Waals surface area contributed by atoms with E-state index in [-0.39, 0.29) is 0 Å². The summed E-state index contributed by atoms with van der Waals surface area (Å²) in [6.45, 7) is 2.31. The van der Waals surface area contributed by atoms with Crippen molar-refractivity contribution in [1.29, 1.82) is 0 Å². The summed E-state index contributed by atoms with van der Waals surface area (Å²) >= 11 is 0. The van der Waals surface area contributed by atoms with Crippen molar-refractivity contribution in [1.82, 2.24) is 0 Å². The van der Waals surface area contributed by atoms with Gasteiger partial charge in [0.25, 0.3) is 0 Å². The normalized spacial score (nSPS) is 18.8. The largest absolute Gasteiger partial charge is 0.0654 e. The van der Waals surface area contributed by atoms with Gasteiger partial charge >= 0.3 is 0 Å². The summed E-state index contributed by atoms with van der Waals surface area (Å²) in [5.41, 5.74) is 0. The maximum absolute atomic E-state index is 2.31. The Bertz CT molecular complexity index is 268. The van der Waals surface area contributed by atoms with Crippen molar-refractivity contribution in [2.75, 3.05) is 0 Å². The number of hydrogen-bond donors (Lipinski definition) is 0. The van der Waals surface area contributed by atoms with E-state index in [9.17, 15) is 0 Å². The van der Waals surface area contributed by atoms with Crippen molar-refractivity contribution in [2.45, 2.75) is 174 Å². The maximum atomic E-state index is 2.31. The lowest BCUT2D eigenvalue weighted by Crippen LogP contribution is -2.02. The molecule has 1 saturated carbocycles. The third-order valence-corrected chi connectivity index (χ3v) is 7.19. The monoisotopic (exact) mass is 392 g/mol. The van der Waals surface area contributed by atoms with E-state index in [0.717, 1.165) is 5.92 Å². The lowest BCUT2D eigenvalue weighted by molar-refractivity contribution is 0.362. The molecule has 0 aromatic rings. The van der Waals surface area contributed by atoms with E-state index in [1.807, 2.05) is 0 Å². The molecule has 0 spiro atoms. The fraction of sp³-hybridized carbons (Fsp3) is 1.00. The molecular weight excluding hydrogens is 336 g/mol. The zero-order valence-electron chi connectivity index (χ0n) is 20.0. The van der Waals surface area contributed by atoms with Crippen molar-refractivity contribution in [3.05, 3.63) is 0 Å². The van der Waals surface area contributed by atoms with E-state index in [1.165, 1.54) is 167 Å². The van der Waals surface area contributed by atoms with Gasteiger partial charge in [-0.1, -0.05) is 174 Å². The average molecular weight is 393 g/mol. The molecule has 168 valence electrons. The Labute approximate surface area is 180 Å². The molecule has 0 N–H and O–H groups in total. The van der Waals surface area contributed by atoms with E-state index in [0.29, 0.717) is 0 Å². The minimum Gasteiger partial charge on any atom is -0.0654 e. The van der Waals surface area contributed by atoms with E-state index < -0.39 is 0 Å². The fourth-order valence-corrected chi connectivity index (χ4v) is 5.16. The molecule has 0 heteroatoms. The first-order valence-electron chi connectivity index (χ1n) is 13.9. The van der Waals surface area contributed by atoms with Crippen molar-refractivity contribution in [3.8, 4) is 0 Å². The van der Waals surface area contributed by atoms with Crippen molar-refractivity contribution in [2.24, 2.45) is 5.92 Å². The van der Waals surface area contributed by atoms with Crippen LogP contribution in [0.15, 0.2) is 0 Å². The first-order chi connectivity index (χ1) is 13.9. The molecule has 0 bridgehead atoms. The van der Waals surface area contributed by atoms with Crippen LogP contribution in [0.1, 0.15) is 174 Å². The van der Waals surface area contributed by atoms with E-state index >= 15 is 0 Å². The highest BCUT2D eigenvalue weighted by atomic mass is 14.1. The van der Waals surface area contributed by atoms with Crippen LogP contribution in [-0.4, -0.2) is 0 Å². The van der Waals surface area contributed by atoms with Crippen LogP contribution in [-0.2, 0) is 0 Å². The van der Waals surface area contributed by atoms with Crippen LogP contribution in [0.3, 0.4) is 0 Å². The molecule has 0 radical (unpaired) electrons. The maximum Gasteiger partial charge on any atom is -0.0414 e. The first kappa shape index (κ1) is 26.0. The highest BCUT2D eigenvalue weighted by Crippen LogP contribution is 2.25. The average Bonchev–Trinajstić information content (AvgIpc) is 2.71. The summed E-state index contributed by atoms with van der Waals surface area (Å²) in [4.78, 5) is 0.